The minimum absolute atomic E-state index is 1.24. The zero-order chi connectivity index (χ0) is 8.72. The molecule has 0 radical (unpaired) electrons. The van der Waals surface area contributed by atoms with Crippen LogP contribution in [0.25, 0.3) is 0 Å². The highest BCUT2D eigenvalue weighted by Crippen LogP contribution is 2.29. The number of hydrogen-bond donors (Lipinski definition) is 0. The first kappa shape index (κ1) is 7.66. The van der Waals surface area contributed by atoms with Gasteiger partial charge in [0.2, 0.25) is 0 Å². The van der Waals surface area contributed by atoms with Crippen LogP contribution in [0.2, 0.25) is 0 Å². The Labute approximate surface area is 74.0 Å². The third-order valence-electron chi connectivity index (χ3n) is 2.40. The molecule has 64 valence electrons. The minimum atomic E-state index is 1.24. The van der Waals surface area contributed by atoms with Gasteiger partial charge >= 0.3 is 0 Å². The Kier molecular flexibility index (Phi) is 1.60. The van der Waals surface area contributed by atoms with Gasteiger partial charge in [0.15, 0.2) is 0 Å². The summed E-state index contributed by atoms with van der Waals surface area (Å²) < 4.78 is 0. The van der Waals surface area contributed by atoms with Gasteiger partial charge in [-0.1, -0.05) is 17.7 Å². The highest BCUT2D eigenvalue weighted by molar-refractivity contribution is 5.63. The molecule has 0 atom stereocenters. The molecule has 0 saturated carbocycles. The highest BCUT2D eigenvalue weighted by atomic mass is 15.3. The van der Waals surface area contributed by atoms with E-state index in [4.69, 9.17) is 0 Å². The van der Waals surface area contributed by atoms with Crippen LogP contribution in [0.1, 0.15) is 16.7 Å². The normalized spacial score (nSPS) is 15.1. The number of hydrogen-bond acceptors (Lipinski definition) is 1. The fourth-order valence-corrected chi connectivity index (χ4v) is 1.94. The largest absolute Gasteiger partial charge is 0.368 e. The third kappa shape index (κ3) is 1.20. The van der Waals surface area contributed by atoms with E-state index in [-0.39, 0.29) is 0 Å². The van der Waals surface area contributed by atoms with Crippen LogP contribution in [0.3, 0.4) is 0 Å². The Balaban J connectivity index is 2.51. The maximum Gasteiger partial charge on any atom is 0.0427 e. The van der Waals surface area contributed by atoms with Crippen molar-refractivity contribution in [3.63, 3.8) is 0 Å². The van der Waals surface area contributed by atoms with Gasteiger partial charge in [-0.15, -0.1) is 0 Å². The number of nitrogens with zero attached hydrogens (tertiary/aromatic N) is 1. The minimum Gasteiger partial charge on any atom is -0.368 e. The van der Waals surface area contributed by atoms with Crippen molar-refractivity contribution >= 4 is 5.69 Å². The summed E-state index contributed by atoms with van der Waals surface area (Å²) in [5.74, 6) is 0. The molecule has 1 heteroatoms. The molecule has 0 spiro atoms. The topological polar surface area (TPSA) is 3.01 Å². The first-order valence-corrected chi connectivity index (χ1v) is 4.51. The van der Waals surface area contributed by atoms with Crippen molar-refractivity contribution in [2.75, 3.05) is 18.0 Å². The predicted molar refractivity (Wildman–Crippen MR) is 52.9 cm³/mol. The Morgan fingerprint density at radius 1 is 1.00 bits per heavy atom. The van der Waals surface area contributed by atoms with Crippen LogP contribution in [0.4, 0.5) is 5.69 Å². The summed E-state index contributed by atoms with van der Waals surface area (Å²) in [6.45, 7) is 9.04. The van der Waals surface area contributed by atoms with E-state index in [9.17, 15) is 0 Å². The molecule has 0 bridgehead atoms. The van der Waals surface area contributed by atoms with Crippen molar-refractivity contribution in [2.24, 2.45) is 0 Å². The van der Waals surface area contributed by atoms with Gasteiger partial charge in [-0.3, -0.25) is 0 Å². The lowest BCUT2D eigenvalue weighted by Crippen LogP contribution is -1.97. The molecule has 0 unspecified atom stereocenters. The summed E-state index contributed by atoms with van der Waals surface area (Å²) in [5.41, 5.74) is 5.67. The fraction of sp³-hybridized carbons (Fsp3) is 0.455. The van der Waals surface area contributed by atoms with Crippen LogP contribution in [0.15, 0.2) is 12.1 Å². The average molecular weight is 161 g/mol. The van der Waals surface area contributed by atoms with Gasteiger partial charge in [0.05, 0.1) is 0 Å². The summed E-state index contributed by atoms with van der Waals surface area (Å²) in [4.78, 5) is 2.42. The van der Waals surface area contributed by atoms with Gasteiger partial charge in [-0.25, -0.2) is 0 Å². The summed E-state index contributed by atoms with van der Waals surface area (Å²) in [7, 11) is 0. The van der Waals surface area contributed by atoms with Crippen LogP contribution in [-0.2, 0) is 0 Å². The Hall–Kier alpha value is -0.980. The van der Waals surface area contributed by atoms with Crippen molar-refractivity contribution in [3.05, 3.63) is 28.8 Å². The van der Waals surface area contributed by atoms with Crippen molar-refractivity contribution in [3.8, 4) is 0 Å². The molecule has 1 aliphatic heterocycles. The molecule has 1 heterocycles. The molecule has 2 rings (SSSR count). The molecule has 1 aromatic rings. The summed E-state index contributed by atoms with van der Waals surface area (Å²) in [6, 6.07) is 4.53. The monoisotopic (exact) mass is 161 g/mol. The van der Waals surface area contributed by atoms with E-state index in [2.05, 4.69) is 37.8 Å². The zero-order valence-corrected chi connectivity index (χ0v) is 8.02. The van der Waals surface area contributed by atoms with Crippen molar-refractivity contribution in [2.45, 2.75) is 20.8 Å². The predicted octanol–water partition coefficient (Wildman–Crippen LogP) is 2.43. The SMILES string of the molecule is Cc1cc(C)c(N2CC2)c(C)c1. The second kappa shape index (κ2) is 2.51. The molecule has 1 saturated heterocycles. The van der Waals surface area contributed by atoms with Gasteiger partial charge in [0.1, 0.15) is 0 Å². The van der Waals surface area contributed by atoms with Crippen LogP contribution in [0.5, 0.6) is 0 Å². The lowest BCUT2D eigenvalue weighted by molar-refractivity contribution is 1.25. The Bertz CT molecular complexity index is 288. The standard InChI is InChI=1S/C11H15N/c1-8-6-9(2)11(10(3)7-8)12-4-5-12/h6-7H,4-5H2,1-3H3. The van der Waals surface area contributed by atoms with Gasteiger partial charge in [0, 0.05) is 18.8 Å². The number of anilines is 1. The van der Waals surface area contributed by atoms with Crippen LogP contribution in [0, 0.1) is 20.8 Å². The summed E-state index contributed by atoms with van der Waals surface area (Å²) in [5, 5.41) is 0. The smallest absolute Gasteiger partial charge is 0.0427 e. The number of aryl methyl sites for hydroxylation is 3. The third-order valence-corrected chi connectivity index (χ3v) is 2.40. The molecular weight excluding hydrogens is 146 g/mol. The molecule has 0 amide bonds. The molecule has 1 aliphatic rings. The van der Waals surface area contributed by atoms with Gasteiger partial charge in [0.25, 0.3) is 0 Å². The maximum atomic E-state index is 2.42. The first-order chi connectivity index (χ1) is 5.68. The van der Waals surface area contributed by atoms with Gasteiger partial charge in [-0.2, -0.15) is 0 Å². The fourth-order valence-electron chi connectivity index (χ4n) is 1.94. The molecule has 1 nitrogen and oxygen atoms in total. The van der Waals surface area contributed by atoms with Crippen molar-refractivity contribution < 1.29 is 0 Å². The second-order valence-electron chi connectivity index (χ2n) is 3.73. The Morgan fingerprint density at radius 3 is 1.92 bits per heavy atom. The van der Waals surface area contributed by atoms with E-state index in [1.54, 1.807) is 0 Å². The van der Waals surface area contributed by atoms with Gasteiger partial charge < -0.3 is 4.90 Å². The van der Waals surface area contributed by atoms with E-state index in [0.29, 0.717) is 0 Å². The van der Waals surface area contributed by atoms with E-state index in [0.717, 1.165) is 0 Å². The van der Waals surface area contributed by atoms with E-state index in [1.807, 2.05) is 0 Å². The summed E-state index contributed by atoms with van der Waals surface area (Å²) in [6.07, 6.45) is 0. The van der Waals surface area contributed by atoms with E-state index < -0.39 is 0 Å². The maximum absolute atomic E-state index is 2.42. The van der Waals surface area contributed by atoms with Crippen LogP contribution >= 0.6 is 0 Å². The molecule has 12 heavy (non-hydrogen) atoms. The average Bonchev–Trinajstić information content (AvgIpc) is 2.68. The second-order valence-corrected chi connectivity index (χ2v) is 3.73. The Morgan fingerprint density at radius 2 is 1.50 bits per heavy atom. The number of benzene rings is 1. The highest BCUT2D eigenvalue weighted by Gasteiger charge is 2.21. The molecule has 1 fully saturated rings. The molecule has 1 aromatic carbocycles. The lowest BCUT2D eigenvalue weighted by Gasteiger charge is -2.11. The van der Waals surface area contributed by atoms with Crippen molar-refractivity contribution in [1.29, 1.82) is 0 Å². The quantitative estimate of drug-likeness (QED) is 0.572. The summed E-state index contributed by atoms with van der Waals surface area (Å²) >= 11 is 0. The van der Waals surface area contributed by atoms with Crippen LogP contribution in [-0.4, -0.2) is 13.1 Å². The number of rotatable bonds is 1. The van der Waals surface area contributed by atoms with Crippen molar-refractivity contribution in [1.82, 2.24) is 0 Å². The van der Waals surface area contributed by atoms with Gasteiger partial charge in [-0.05, 0) is 31.9 Å². The molecular formula is C11H15N. The zero-order valence-electron chi connectivity index (χ0n) is 8.02. The molecule has 0 aliphatic carbocycles. The molecule has 0 aromatic heterocycles. The first-order valence-electron chi connectivity index (χ1n) is 4.51. The lowest BCUT2D eigenvalue weighted by atomic mass is 10.1. The van der Waals surface area contributed by atoms with Crippen LogP contribution < -0.4 is 4.90 Å². The van der Waals surface area contributed by atoms with E-state index in [1.165, 1.54) is 35.5 Å². The van der Waals surface area contributed by atoms with E-state index >= 15 is 0 Å². The molecule has 0 N–H and O–H groups in total.